The van der Waals surface area contributed by atoms with Crippen LogP contribution in [0.2, 0.25) is 5.02 Å². The van der Waals surface area contributed by atoms with Crippen LogP contribution in [0, 0.1) is 0 Å². The third-order valence-electron chi connectivity index (χ3n) is 3.91. The van der Waals surface area contributed by atoms with Crippen molar-refractivity contribution in [1.29, 1.82) is 0 Å². The molecule has 106 valence electrons. The summed E-state index contributed by atoms with van der Waals surface area (Å²) in [6.45, 7) is 0. The molecule has 0 unspecified atom stereocenters. The minimum atomic E-state index is -0.113. The first kappa shape index (κ1) is 13.1. The fraction of sp³-hybridized carbons (Fsp3) is 0. The number of carbonyl (C=O) groups is 1. The molecule has 2 nitrogen and oxygen atoms in total. The summed E-state index contributed by atoms with van der Waals surface area (Å²) in [4.78, 5) is 12.3. The molecule has 3 heteroatoms. The van der Waals surface area contributed by atoms with Crippen LogP contribution in [0.5, 0.6) is 0 Å². The van der Waals surface area contributed by atoms with Crippen molar-refractivity contribution in [1.82, 2.24) is 0 Å². The van der Waals surface area contributed by atoms with Gasteiger partial charge in [0.25, 0.3) is 5.91 Å². The molecule has 1 aromatic carbocycles. The van der Waals surface area contributed by atoms with Crippen molar-refractivity contribution in [2.24, 2.45) is 0 Å². The molecule has 1 heterocycles. The molecule has 2 aliphatic carbocycles. The van der Waals surface area contributed by atoms with Crippen LogP contribution >= 0.6 is 11.6 Å². The SMILES string of the molecule is O=C1Nc2c(Cl)cccc2/C1=C/c1ccc2cccccc1-2. The largest absolute Gasteiger partial charge is 0.320 e. The maximum atomic E-state index is 12.3. The Morgan fingerprint density at radius 2 is 1.68 bits per heavy atom. The number of nitrogens with one attached hydrogen (secondary N) is 1. The molecule has 0 fully saturated rings. The van der Waals surface area contributed by atoms with Gasteiger partial charge < -0.3 is 5.32 Å². The molecule has 0 radical (unpaired) electrons. The normalized spacial score (nSPS) is 15.1. The minimum absolute atomic E-state index is 0.113. The van der Waals surface area contributed by atoms with Gasteiger partial charge in [-0.2, -0.15) is 0 Å². The zero-order valence-electron chi connectivity index (χ0n) is 11.6. The number of amides is 1. The maximum Gasteiger partial charge on any atom is 0.256 e. The second kappa shape index (κ2) is 5.00. The molecule has 0 saturated heterocycles. The number of fused-ring (bicyclic) bond motifs is 2. The highest BCUT2D eigenvalue weighted by Crippen LogP contribution is 2.39. The van der Waals surface area contributed by atoms with E-state index in [4.69, 9.17) is 11.6 Å². The smallest absolute Gasteiger partial charge is 0.256 e. The standard InChI is InChI=1S/C19H12ClNO/c20-17-8-4-7-15-16(19(22)21-18(15)17)11-13-10-9-12-5-2-1-3-6-14(12)13/h1-11H,(H,21,22)/b16-11-. The number of hydrogen-bond donors (Lipinski definition) is 1. The lowest BCUT2D eigenvalue weighted by Gasteiger charge is -2.00. The highest BCUT2D eigenvalue weighted by atomic mass is 35.5. The van der Waals surface area contributed by atoms with E-state index in [-0.39, 0.29) is 5.91 Å². The summed E-state index contributed by atoms with van der Waals surface area (Å²) in [7, 11) is 0. The summed E-state index contributed by atoms with van der Waals surface area (Å²) in [6.07, 6.45) is 1.93. The molecule has 3 aliphatic rings. The lowest BCUT2D eigenvalue weighted by molar-refractivity contribution is -0.110. The Hall–Kier alpha value is -2.58. The number of carbonyl (C=O) groups excluding carboxylic acids is 1. The van der Waals surface area contributed by atoms with Crippen LogP contribution in [0.3, 0.4) is 0 Å². The molecule has 1 aliphatic heterocycles. The van der Waals surface area contributed by atoms with Gasteiger partial charge in [-0.1, -0.05) is 66.2 Å². The first-order chi connectivity index (χ1) is 10.7. The number of rotatable bonds is 1. The van der Waals surface area contributed by atoms with Crippen LogP contribution in [-0.2, 0) is 4.79 Å². The Balaban J connectivity index is 1.88. The van der Waals surface area contributed by atoms with Crippen molar-refractivity contribution < 1.29 is 4.79 Å². The fourth-order valence-corrected chi connectivity index (χ4v) is 3.06. The van der Waals surface area contributed by atoms with Crippen LogP contribution < -0.4 is 5.32 Å². The molecule has 4 rings (SSSR count). The van der Waals surface area contributed by atoms with E-state index in [0.717, 1.165) is 22.3 Å². The topological polar surface area (TPSA) is 29.1 Å². The number of anilines is 1. The van der Waals surface area contributed by atoms with Gasteiger partial charge in [-0.15, -0.1) is 0 Å². The van der Waals surface area contributed by atoms with Crippen molar-refractivity contribution >= 4 is 34.8 Å². The highest BCUT2D eigenvalue weighted by molar-refractivity contribution is 6.41. The molecule has 1 N–H and O–H groups in total. The quantitative estimate of drug-likeness (QED) is 0.634. The summed E-state index contributed by atoms with van der Waals surface area (Å²) < 4.78 is 0. The van der Waals surface area contributed by atoms with Crippen LogP contribution in [-0.4, -0.2) is 5.91 Å². The third-order valence-corrected chi connectivity index (χ3v) is 4.23. The van der Waals surface area contributed by atoms with Gasteiger partial charge in [0.05, 0.1) is 10.7 Å². The predicted octanol–water partition coefficient (Wildman–Crippen LogP) is 4.94. The third kappa shape index (κ3) is 2.00. The lowest BCUT2D eigenvalue weighted by Crippen LogP contribution is -2.03. The summed E-state index contributed by atoms with van der Waals surface area (Å²) in [5, 5.41) is 3.41. The first-order valence-electron chi connectivity index (χ1n) is 7.04. The van der Waals surface area contributed by atoms with E-state index in [1.165, 1.54) is 0 Å². The maximum absolute atomic E-state index is 12.3. The Bertz CT molecular complexity index is 898. The van der Waals surface area contributed by atoms with Crippen molar-refractivity contribution in [2.45, 2.75) is 0 Å². The predicted molar refractivity (Wildman–Crippen MR) is 91.0 cm³/mol. The molecule has 0 aromatic heterocycles. The number of para-hydroxylation sites is 1. The Labute approximate surface area is 133 Å². The zero-order valence-corrected chi connectivity index (χ0v) is 12.4. The van der Waals surface area contributed by atoms with E-state index >= 15 is 0 Å². The van der Waals surface area contributed by atoms with Crippen LogP contribution in [0.1, 0.15) is 11.1 Å². The fourth-order valence-electron chi connectivity index (χ4n) is 2.84. The van der Waals surface area contributed by atoms with E-state index in [9.17, 15) is 4.79 Å². The average molecular weight is 306 g/mol. The van der Waals surface area contributed by atoms with E-state index in [1.807, 2.05) is 42.5 Å². The molecule has 0 bridgehead atoms. The van der Waals surface area contributed by atoms with Crippen LogP contribution in [0.15, 0.2) is 60.7 Å². The van der Waals surface area contributed by atoms with Gasteiger partial charge >= 0.3 is 0 Å². The van der Waals surface area contributed by atoms with E-state index < -0.39 is 0 Å². The lowest BCUT2D eigenvalue weighted by atomic mass is 10.0. The molecule has 0 saturated carbocycles. The molecule has 0 spiro atoms. The molecule has 1 amide bonds. The van der Waals surface area contributed by atoms with Crippen LogP contribution in [0.4, 0.5) is 5.69 Å². The number of halogens is 1. The van der Waals surface area contributed by atoms with Gasteiger partial charge in [0.1, 0.15) is 0 Å². The minimum Gasteiger partial charge on any atom is -0.320 e. The van der Waals surface area contributed by atoms with Crippen molar-refractivity contribution in [3.63, 3.8) is 0 Å². The summed E-state index contributed by atoms with van der Waals surface area (Å²) in [5.74, 6) is -0.113. The molecular formula is C19H12ClNO. The zero-order chi connectivity index (χ0) is 15.1. The van der Waals surface area contributed by atoms with E-state index in [0.29, 0.717) is 16.3 Å². The molecule has 0 atom stereocenters. The Morgan fingerprint density at radius 3 is 2.59 bits per heavy atom. The van der Waals surface area contributed by atoms with Gasteiger partial charge in [0, 0.05) is 11.1 Å². The van der Waals surface area contributed by atoms with Crippen molar-refractivity contribution in [3.05, 3.63) is 76.8 Å². The first-order valence-corrected chi connectivity index (χ1v) is 7.41. The Kier molecular flexibility index (Phi) is 2.98. The van der Waals surface area contributed by atoms with E-state index in [1.54, 1.807) is 6.07 Å². The van der Waals surface area contributed by atoms with Crippen molar-refractivity contribution in [2.75, 3.05) is 5.32 Å². The molecular weight excluding hydrogens is 294 g/mol. The number of benzene rings is 1. The summed E-state index contributed by atoms with van der Waals surface area (Å²) in [6, 6.07) is 19.8. The Morgan fingerprint density at radius 1 is 0.864 bits per heavy atom. The van der Waals surface area contributed by atoms with Gasteiger partial charge in [0.2, 0.25) is 0 Å². The van der Waals surface area contributed by atoms with Gasteiger partial charge in [0.15, 0.2) is 0 Å². The second-order valence-electron chi connectivity index (χ2n) is 5.24. The highest BCUT2D eigenvalue weighted by Gasteiger charge is 2.26. The van der Waals surface area contributed by atoms with Crippen molar-refractivity contribution in [3.8, 4) is 11.1 Å². The molecule has 1 aromatic rings. The summed E-state index contributed by atoms with van der Waals surface area (Å²) >= 11 is 6.15. The van der Waals surface area contributed by atoms with E-state index in [2.05, 4.69) is 23.5 Å². The van der Waals surface area contributed by atoms with Gasteiger partial charge in [-0.3, -0.25) is 4.79 Å². The molecule has 22 heavy (non-hydrogen) atoms. The van der Waals surface area contributed by atoms with Gasteiger partial charge in [-0.05, 0) is 28.8 Å². The van der Waals surface area contributed by atoms with Crippen LogP contribution in [0.25, 0.3) is 22.8 Å². The van der Waals surface area contributed by atoms with Gasteiger partial charge in [-0.25, -0.2) is 0 Å². The monoisotopic (exact) mass is 305 g/mol. The summed E-state index contributed by atoms with van der Waals surface area (Å²) in [5.41, 5.74) is 5.51. The number of hydrogen-bond acceptors (Lipinski definition) is 1. The average Bonchev–Trinajstić information content (AvgIpc) is 2.93. The second-order valence-corrected chi connectivity index (χ2v) is 5.65.